The van der Waals surface area contributed by atoms with Crippen molar-refractivity contribution in [3.8, 4) is 0 Å². The highest BCUT2D eigenvalue weighted by Gasteiger charge is 2.19. The summed E-state index contributed by atoms with van der Waals surface area (Å²) in [4.78, 5) is 8.21. The van der Waals surface area contributed by atoms with Crippen LogP contribution in [0.25, 0.3) is 0 Å². The molecule has 2 rings (SSSR count). The third-order valence-electron chi connectivity index (χ3n) is 2.67. The van der Waals surface area contributed by atoms with Gasteiger partial charge in [-0.25, -0.2) is 13.4 Å². The van der Waals surface area contributed by atoms with Gasteiger partial charge in [0, 0.05) is 18.4 Å². The van der Waals surface area contributed by atoms with E-state index in [1.165, 1.54) is 12.3 Å². The zero-order valence-corrected chi connectivity index (χ0v) is 12.1. The van der Waals surface area contributed by atoms with E-state index in [1.807, 2.05) is 13.0 Å². The van der Waals surface area contributed by atoms with E-state index < -0.39 is 10.0 Å². The number of hydrogen-bond acceptors (Lipinski definition) is 5. The van der Waals surface area contributed by atoms with E-state index in [1.54, 1.807) is 19.1 Å². The number of anilines is 1. The normalized spacial score (nSPS) is 11.3. The van der Waals surface area contributed by atoms with E-state index in [-0.39, 0.29) is 17.3 Å². The monoisotopic (exact) mass is 292 g/mol. The smallest absolute Gasteiger partial charge is 0.264 e. The second kappa shape index (κ2) is 5.56. The van der Waals surface area contributed by atoms with E-state index in [0.29, 0.717) is 5.69 Å². The number of aryl methyl sites for hydroxylation is 2. The molecular weight excluding hydrogens is 276 g/mol. The molecule has 0 aromatic carbocycles. The largest absolute Gasteiger partial charge is 0.325 e. The Morgan fingerprint density at radius 2 is 2.05 bits per heavy atom. The zero-order valence-electron chi connectivity index (χ0n) is 11.3. The van der Waals surface area contributed by atoms with Gasteiger partial charge < -0.3 is 5.73 Å². The molecule has 106 valence electrons. The SMILES string of the molecule is Cc1cc(C)nc(NS(=O)(=O)c2cccnc2CN)c1. The molecule has 0 atom stereocenters. The molecule has 7 heteroatoms. The molecule has 2 aromatic heterocycles. The predicted molar refractivity (Wildman–Crippen MR) is 76.6 cm³/mol. The van der Waals surface area contributed by atoms with Crippen LogP contribution in [-0.2, 0) is 16.6 Å². The van der Waals surface area contributed by atoms with Crippen molar-refractivity contribution in [1.29, 1.82) is 0 Å². The van der Waals surface area contributed by atoms with Crippen molar-refractivity contribution in [2.45, 2.75) is 25.3 Å². The molecule has 2 heterocycles. The van der Waals surface area contributed by atoms with Crippen molar-refractivity contribution in [3.05, 3.63) is 47.4 Å². The van der Waals surface area contributed by atoms with Gasteiger partial charge in [0.15, 0.2) is 0 Å². The van der Waals surface area contributed by atoms with Crippen LogP contribution in [0, 0.1) is 13.8 Å². The molecule has 0 saturated heterocycles. The number of nitrogens with one attached hydrogen (secondary N) is 1. The van der Waals surface area contributed by atoms with Crippen LogP contribution < -0.4 is 10.5 Å². The molecule has 0 aliphatic heterocycles. The van der Waals surface area contributed by atoms with Crippen LogP contribution >= 0.6 is 0 Å². The Morgan fingerprint density at radius 3 is 2.70 bits per heavy atom. The second-order valence-corrected chi connectivity index (χ2v) is 6.08. The molecule has 0 fully saturated rings. The summed E-state index contributed by atoms with van der Waals surface area (Å²) in [7, 11) is -3.74. The molecule has 6 nitrogen and oxygen atoms in total. The van der Waals surface area contributed by atoms with Gasteiger partial charge in [0.2, 0.25) is 0 Å². The minimum absolute atomic E-state index is 0.0529. The molecule has 0 aliphatic carbocycles. The molecule has 0 amide bonds. The fraction of sp³-hybridized carbons (Fsp3) is 0.231. The predicted octanol–water partition coefficient (Wildman–Crippen LogP) is 1.35. The highest BCUT2D eigenvalue weighted by molar-refractivity contribution is 7.92. The van der Waals surface area contributed by atoms with Gasteiger partial charge in [-0.1, -0.05) is 0 Å². The molecule has 0 aliphatic rings. The first-order chi connectivity index (χ1) is 9.42. The molecule has 2 aromatic rings. The Bertz CT molecular complexity index is 709. The Hall–Kier alpha value is -1.99. The Kier molecular flexibility index (Phi) is 4.01. The van der Waals surface area contributed by atoms with Crippen molar-refractivity contribution < 1.29 is 8.42 Å². The van der Waals surface area contributed by atoms with Crippen molar-refractivity contribution >= 4 is 15.8 Å². The maximum absolute atomic E-state index is 12.4. The first-order valence-corrected chi connectivity index (χ1v) is 7.53. The third kappa shape index (κ3) is 3.12. The molecular formula is C13H16N4O2S. The molecule has 20 heavy (non-hydrogen) atoms. The van der Waals surface area contributed by atoms with Crippen LogP contribution in [0.15, 0.2) is 35.4 Å². The van der Waals surface area contributed by atoms with Gasteiger partial charge in [-0.15, -0.1) is 0 Å². The summed E-state index contributed by atoms with van der Waals surface area (Å²) in [6, 6.07) is 6.57. The van der Waals surface area contributed by atoms with Crippen LogP contribution in [-0.4, -0.2) is 18.4 Å². The van der Waals surface area contributed by atoms with E-state index in [9.17, 15) is 8.42 Å². The van der Waals surface area contributed by atoms with Gasteiger partial charge in [0.1, 0.15) is 10.7 Å². The van der Waals surface area contributed by atoms with Crippen LogP contribution in [0.1, 0.15) is 17.0 Å². The van der Waals surface area contributed by atoms with Crippen LogP contribution in [0.3, 0.4) is 0 Å². The van der Waals surface area contributed by atoms with Crippen LogP contribution in [0.4, 0.5) is 5.82 Å². The highest BCUT2D eigenvalue weighted by Crippen LogP contribution is 2.18. The van der Waals surface area contributed by atoms with Gasteiger partial charge in [-0.2, -0.15) is 0 Å². The van der Waals surface area contributed by atoms with Crippen molar-refractivity contribution in [2.75, 3.05) is 4.72 Å². The average Bonchev–Trinajstić information content (AvgIpc) is 2.36. The lowest BCUT2D eigenvalue weighted by Gasteiger charge is -2.11. The third-order valence-corrected chi connectivity index (χ3v) is 4.10. The topological polar surface area (TPSA) is 98.0 Å². The average molecular weight is 292 g/mol. The maximum Gasteiger partial charge on any atom is 0.264 e. The van der Waals surface area contributed by atoms with Gasteiger partial charge in [0.25, 0.3) is 10.0 Å². The minimum Gasteiger partial charge on any atom is -0.325 e. The van der Waals surface area contributed by atoms with E-state index in [0.717, 1.165) is 11.3 Å². The van der Waals surface area contributed by atoms with Gasteiger partial charge >= 0.3 is 0 Å². The lowest BCUT2D eigenvalue weighted by molar-refractivity contribution is 0.599. The van der Waals surface area contributed by atoms with Crippen molar-refractivity contribution in [2.24, 2.45) is 5.73 Å². The molecule has 0 spiro atoms. The molecule has 3 N–H and O–H groups in total. The molecule has 0 bridgehead atoms. The van der Waals surface area contributed by atoms with Crippen molar-refractivity contribution in [3.63, 3.8) is 0 Å². The summed E-state index contributed by atoms with van der Waals surface area (Å²) in [6.07, 6.45) is 1.51. The molecule has 0 radical (unpaired) electrons. The summed E-state index contributed by atoms with van der Waals surface area (Å²) in [5, 5.41) is 0. The summed E-state index contributed by atoms with van der Waals surface area (Å²) < 4.78 is 27.2. The van der Waals surface area contributed by atoms with Gasteiger partial charge in [-0.3, -0.25) is 9.71 Å². The zero-order chi connectivity index (χ0) is 14.8. The Labute approximate surface area is 118 Å². The first-order valence-electron chi connectivity index (χ1n) is 6.04. The van der Waals surface area contributed by atoms with E-state index >= 15 is 0 Å². The number of nitrogens with zero attached hydrogens (tertiary/aromatic N) is 2. The lowest BCUT2D eigenvalue weighted by atomic mass is 10.2. The fourth-order valence-corrected chi connectivity index (χ4v) is 3.10. The highest BCUT2D eigenvalue weighted by atomic mass is 32.2. The maximum atomic E-state index is 12.4. The number of pyridine rings is 2. The summed E-state index contributed by atoms with van der Waals surface area (Å²) in [5.74, 6) is 0.286. The number of nitrogens with two attached hydrogens (primary N) is 1. The summed E-state index contributed by atoms with van der Waals surface area (Å²) in [6.45, 7) is 3.74. The van der Waals surface area contributed by atoms with E-state index in [2.05, 4.69) is 14.7 Å². The summed E-state index contributed by atoms with van der Waals surface area (Å²) >= 11 is 0. The van der Waals surface area contributed by atoms with Crippen LogP contribution in [0.2, 0.25) is 0 Å². The minimum atomic E-state index is -3.74. The quantitative estimate of drug-likeness (QED) is 0.886. The fourth-order valence-electron chi connectivity index (χ4n) is 1.91. The number of hydrogen-bond donors (Lipinski definition) is 2. The summed E-state index contributed by atoms with van der Waals surface area (Å²) in [5.41, 5.74) is 7.52. The van der Waals surface area contributed by atoms with E-state index in [4.69, 9.17) is 5.73 Å². The molecule has 0 unspecified atom stereocenters. The number of rotatable bonds is 4. The van der Waals surface area contributed by atoms with Gasteiger partial charge in [-0.05, 0) is 43.7 Å². The van der Waals surface area contributed by atoms with Gasteiger partial charge in [0.05, 0.1) is 5.69 Å². The Balaban J connectivity index is 2.41. The number of sulfonamides is 1. The van der Waals surface area contributed by atoms with Crippen molar-refractivity contribution in [1.82, 2.24) is 9.97 Å². The van der Waals surface area contributed by atoms with Crippen LogP contribution in [0.5, 0.6) is 0 Å². The molecule has 0 saturated carbocycles. The second-order valence-electron chi connectivity index (χ2n) is 4.43. The Morgan fingerprint density at radius 1 is 1.30 bits per heavy atom. The first kappa shape index (κ1) is 14.4. The lowest BCUT2D eigenvalue weighted by Crippen LogP contribution is -2.18. The standard InChI is InChI=1S/C13H16N4O2S/c1-9-6-10(2)16-13(7-9)17-20(18,19)12-4-3-5-15-11(12)8-14/h3-7H,8,14H2,1-2H3,(H,16,17). The number of aromatic nitrogens is 2.